The van der Waals surface area contributed by atoms with Crippen LogP contribution in [-0.4, -0.2) is 10.4 Å². The first-order valence-electron chi connectivity index (χ1n) is 4.08. The smallest absolute Gasteiger partial charge is 0.118 e. The Bertz CT molecular complexity index is 258. The number of phenolic OH excluding ortho intramolecular Hbond substituents is 1. The quantitative estimate of drug-likeness (QED) is 0.790. The van der Waals surface area contributed by atoms with Crippen LogP contribution in [-0.2, 0) is 6.42 Å². The average Bonchev–Trinajstić information content (AvgIpc) is 2.07. The van der Waals surface area contributed by atoms with Crippen molar-refractivity contribution in [2.24, 2.45) is 0 Å². The lowest BCUT2D eigenvalue weighted by Crippen LogP contribution is -1.86. The van der Waals surface area contributed by atoms with E-state index in [4.69, 9.17) is 0 Å². The molecule has 1 aromatic rings. The van der Waals surface area contributed by atoms with Crippen molar-refractivity contribution in [3.63, 3.8) is 0 Å². The maximum Gasteiger partial charge on any atom is 0.118 e. The van der Waals surface area contributed by atoms with Crippen LogP contribution in [0.2, 0.25) is 0 Å². The fourth-order valence-corrected chi connectivity index (χ4v) is 1.36. The Hall–Kier alpha value is -0.500. The van der Waals surface area contributed by atoms with Gasteiger partial charge in [-0.05, 0) is 37.0 Å². The molecule has 1 rings (SSSR count). The number of aryl methyl sites for hydroxylation is 2. The topological polar surface area (TPSA) is 20.2 Å². The summed E-state index contributed by atoms with van der Waals surface area (Å²) in [5, 5.41) is 10.4. The van der Waals surface area contributed by atoms with Crippen molar-refractivity contribution in [3.8, 4) is 5.75 Å². The van der Waals surface area contributed by atoms with Crippen molar-refractivity contribution in [1.29, 1.82) is 0 Å². The second-order valence-electron chi connectivity index (χ2n) is 2.91. The molecule has 0 spiro atoms. The standard InChI is InChI=1S/C10H13BrO/c1-8-4-5-9(3-2-6-11)7-10(8)12/h4-5,7,12H,2-3,6H2,1H3. The van der Waals surface area contributed by atoms with E-state index in [1.165, 1.54) is 5.56 Å². The molecule has 1 nitrogen and oxygen atoms in total. The van der Waals surface area contributed by atoms with Gasteiger partial charge in [0.2, 0.25) is 0 Å². The number of hydrogen-bond acceptors (Lipinski definition) is 1. The van der Waals surface area contributed by atoms with Crippen molar-refractivity contribution >= 4 is 15.9 Å². The van der Waals surface area contributed by atoms with Crippen LogP contribution in [0.1, 0.15) is 17.5 Å². The molecule has 0 atom stereocenters. The minimum Gasteiger partial charge on any atom is -0.508 e. The number of halogens is 1. The molecule has 0 aliphatic rings. The summed E-state index contributed by atoms with van der Waals surface area (Å²) in [7, 11) is 0. The van der Waals surface area contributed by atoms with E-state index in [0.29, 0.717) is 5.75 Å². The first-order chi connectivity index (χ1) is 5.74. The fraction of sp³-hybridized carbons (Fsp3) is 0.400. The molecule has 1 aromatic carbocycles. The SMILES string of the molecule is Cc1ccc(CCCBr)cc1O. The molecule has 0 saturated carbocycles. The highest BCUT2D eigenvalue weighted by molar-refractivity contribution is 9.09. The number of benzene rings is 1. The first kappa shape index (κ1) is 9.59. The summed E-state index contributed by atoms with van der Waals surface area (Å²) in [6, 6.07) is 5.87. The maximum absolute atomic E-state index is 9.39. The summed E-state index contributed by atoms with van der Waals surface area (Å²) in [5.41, 5.74) is 2.15. The van der Waals surface area contributed by atoms with Crippen molar-refractivity contribution in [1.82, 2.24) is 0 Å². The van der Waals surface area contributed by atoms with Crippen LogP contribution >= 0.6 is 15.9 Å². The summed E-state index contributed by atoms with van der Waals surface area (Å²) in [6.07, 6.45) is 2.14. The monoisotopic (exact) mass is 228 g/mol. The number of phenols is 1. The largest absolute Gasteiger partial charge is 0.508 e. The van der Waals surface area contributed by atoms with Gasteiger partial charge in [0.25, 0.3) is 0 Å². The zero-order valence-electron chi connectivity index (χ0n) is 7.18. The third-order valence-corrected chi connectivity index (χ3v) is 2.43. The van der Waals surface area contributed by atoms with E-state index in [0.717, 1.165) is 23.7 Å². The van der Waals surface area contributed by atoms with Crippen LogP contribution in [0.5, 0.6) is 5.75 Å². The van der Waals surface area contributed by atoms with Crippen LogP contribution in [0, 0.1) is 6.92 Å². The first-order valence-corrected chi connectivity index (χ1v) is 5.20. The lowest BCUT2D eigenvalue weighted by atomic mass is 10.1. The Kier molecular flexibility index (Phi) is 3.60. The predicted octanol–water partition coefficient (Wildman–Crippen LogP) is 3.03. The second-order valence-corrected chi connectivity index (χ2v) is 3.71. The van der Waals surface area contributed by atoms with E-state index in [-0.39, 0.29) is 0 Å². The van der Waals surface area contributed by atoms with Gasteiger partial charge in [-0.3, -0.25) is 0 Å². The molecule has 0 aliphatic carbocycles. The highest BCUT2D eigenvalue weighted by atomic mass is 79.9. The highest BCUT2D eigenvalue weighted by Gasteiger charge is 1.97. The Morgan fingerprint density at radius 1 is 1.42 bits per heavy atom. The van der Waals surface area contributed by atoms with Gasteiger partial charge in [0.1, 0.15) is 5.75 Å². The van der Waals surface area contributed by atoms with Gasteiger partial charge in [-0.2, -0.15) is 0 Å². The summed E-state index contributed by atoms with van der Waals surface area (Å²) in [4.78, 5) is 0. The molecular weight excluding hydrogens is 216 g/mol. The van der Waals surface area contributed by atoms with Crippen LogP contribution in [0.4, 0.5) is 0 Å². The van der Waals surface area contributed by atoms with Crippen molar-refractivity contribution in [2.45, 2.75) is 19.8 Å². The summed E-state index contributed by atoms with van der Waals surface area (Å²) < 4.78 is 0. The molecule has 0 amide bonds. The third kappa shape index (κ3) is 2.52. The molecule has 0 aliphatic heterocycles. The van der Waals surface area contributed by atoms with Gasteiger partial charge in [0, 0.05) is 5.33 Å². The maximum atomic E-state index is 9.39. The number of hydrogen-bond donors (Lipinski definition) is 1. The predicted molar refractivity (Wildman–Crippen MR) is 55.0 cm³/mol. The van der Waals surface area contributed by atoms with E-state index in [9.17, 15) is 5.11 Å². The Balaban J connectivity index is 2.69. The molecule has 0 heterocycles. The van der Waals surface area contributed by atoms with Crippen LogP contribution in [0.25, 0.3) is 0 Å². The van der Waals surface area contributed by atoms with Gasteiger partial charge in [-0.1, -0.05) is 28.1 Å². The molecule has 0 aromatic heterocycles. The molecule has 0 unspecified atom stereocenters. The summed E-state index contributed by atoms with van der Waals surface area (Å²) in [6.45, 7) is 1.91. The lowest BCUT2D eigenvalue weighted by Gasteiger charge is -2.02. The molecule has 1 N–H and O–H groups in total. The number of rotatable bonds is 3. The molecular formula is C10H13BrO. The second kappa shape index (κ2) is 4.51. The van der Waals surface area contributed by atoms with Gasteiger partial charge < -0.3 is 5.11 Å². The zero-order chi connectivity index (χ0) is 8.97. The van der Waals surface area contributed by atoms with E-state index in [1.807, 2.05) is 19.1 Å². The zero-order valence-corrected chi connectivity index (χ0v) is 8.76. The van der Waals surface area contributed by atoms with Crippen LogP contribution in [0.15, 0.2) is 18.2 Å². The minimum absolute atomic E-state index is 0.405. The average molecular weight is 229 g/mol. The van der Waals surface area contributed by atoms with Crippen LogP contribution < -0.4 is 0 Å². The number of alkyl halides is 1. The molecule has 2 heteroatoms. The molecule has 0 radical (unpaired) electrons. The summed E-state index contributed by atoms with van der Waals surface area (Å²) in [5.74, 6) is 0.405. The van der Waals surface area contributed by atoms with Gasteiger partial charge in [-0.15, -0.1) is 0 Å². The molecule has 0 fully saturated rings. The van der Waals surface area contributed by atoms with Crippen molar-refractivity contribution in [2.75, 3.05) is 5.33 Å². The minimum atomic E-state index is 0.405. The van der Waals surface area contributed by atoms with Gasteiger partial charge in [0.15, 0.2) is 0 Å². The molecule has 66 valence electrons. The van der Waals surface area contributed by atoms with Gasteiger partial charge in [-0.25, -0.2) is 0 Å². The molecule has 12 heavy (non-hydrogen) atoms. The normalized spacial score (nSPS) is 10.2. The highest BCUT2D eigenvalue weighted by Crippen LogP contribution is 2.18. The Morgan fingerprint density at radius 3 is 2.75 bits per heavy atom. The van der Waals surface area contributed by atoms with E-state index < -0.39 is 0 Å². The van der Waals surface area contributed by atoms with Gasteiger partial charge >= 0.3 is 0 Å². The molecule has 0 saturated heterocycles. The van der Waals surface area contributed by atoms with E-state index in [1.54, 1.807) is 0 Å². The van der Waals surface area contributed by atoms with Gasteiger partial charge in [0.05, 0.1) is 0 Å². The van der Waals surface area contributed by atoms with Crippen LogP contribution in [0.3, 0.4) is 0 Å². The van der Waals surface area contributed by atoms with Crippen molar-refractivity contribution in [3.05, 3.63) is 29.3 Å². The molecule has 0 bridgehead atoms. The Labute approximate surface area is 81.6 Å². The third-order valence-electron chi connectivity index (χ3n) is 1.87. The van der Waals surface area contributed by atoms with E-state index >= 15 is 0 Å². The Morgan fingerprint density at radius 2 is 2.17 bits per heavy atom. The van der Waals surface area contributed by atoms with Crippen molar-refractivity contribution < 1.29 is 5.11 Å². The number of aromatic hydroxyl groups is 1. The summed E-state index contributed by atoms with van der Waals surface area (Å²) >= 11 is 3.38. The fourth-order valence-electron chi connectivity index (χ4n) is 1.08. The lowest BCUT2D eigenvalue weighted by molar-refractivity contribution is 0.470. The van der Waals surface area contributed by atoms with E-state index in [2.05, 4.69) is 22.0 Å².